The van der Waals surface area contributed by atoms with E-state index in [1.54, 1.807) is 18.0 Å². The highest BCUT2D eigenvalue weighted by Crippen LogP contribution is 2.44. The van der Waals surface area contributed by atoms with Gasteiger partial charge < -0.3 is 25.0 Å². The first-order valence-corrected chi connectivity index (χ1v) is 13.7. The molecule has 0 spiro atoms. The summed E-state index contributed by atoms with van der Waals surface area (Å²) in [5.41, 5.74) is -0.383. The van der Waals surface area contributed by atoms with E-state index in [9.17, 15) is 19.2 Å². The molecule has 1 aliphatic carbocycles. The lowest BCUT2D eigenvalue weighted by molar-refractivity contribution is -0.165. The lowest BCUT2D eigenvalue weighted by atomic mass is 9.84. The SMILES string of the molecule is CCO[C@@H]1OC(=O)CC1NC(=O)[C@@H]1C2CCC(C2)N1C(=O)[C@@H](NC(=O)c1nccc2ccccc12)C(C)(C)C. The fourth-order valence-corrected chi connectivity index (χ4v) is 6.18. The van der Waals surface area contributed by atoms with E-state index in [0.717, 1.165) is 24.6 Å². The van der Waals surface area contributed by atoms with E-state index in [4.69, 9.17) is 9.47 Å². The van der Waals surface area contributed by atoms with Gasteiger partial charge in [-0.25, -0.2) is 0 Å². The number of nitrogens with one attached hydrogen (secondary N) is 2. The second-order valence-corrected chi connectivity index (χ2v) is 11.7. The smallest absolute Gasteiger partial charge is 0.310 e. The van der Waals surface area contributed by atoms with Gasteiger partial charge in [0.05, 0.1) is 6.42 Å². The van der Waals surface area contributed by atoms with Crippen LogP contribution in [0.15, 0.2) is 36.5 Å². The lowest BCUT2D eigenvalue weighted by Crippen LogP contribution is -2.62. The van der Waals surface area contributed by atoms with Crippen molar-refractivity contribution >= 4 is 34.5 Å². The highest BCUT2D eigenvalue weighted by atomic mass is 16.7. The Morgan fingerprint density at radius 2 is 1.95 bits per heavy atom. The van der Waals surface area contributed by atoms with Crippen molar-refractivity contribution in [2.24, 2.45) is 11.3 Å². The Bertz CT molecular complexity index is 1280. The van der Waals surface area contributed by atoms with Gasteiger partial charge in [-0.1, -0.05) is 45.0 Å². The average molecular weight is 537 g/mol. The monoisotopic (exact) mass is 536 g/mol. The van der Waals surface area contributed by atoms with Gasteiger partial charge in [-0.05, 0) is 49.0 Å². The predicted octanol–water partition coefficient (Wildman–Crippen LogP) is 2.55. The average Bonchev–Trinajstić information content (AvgIpc) is 3.60. The fraction of sp³-hybridized carbons (Fsp3) is 0.552. The van der Waals surface area contributed by atoms with Crippen molar-refractivity contribution in [1.82, 2.24) is 20.5 Å². The summed E-state index contributed by atoms with van der Waals surface area (Å²) >= 11 is 0. The Kier molecular flexibility index (Phi) is 7.33. The first-order valence-electron chi connectivity index (χ1n) is 13.7. The molecule has 2 aliphatic heterocycles. The zero-order chi connectivity index (χ0) is 27.9. The van der Waals surface area contributed by atoms with E-state index in [2.05, 4.69) is 15.6 Å². The molecule has 2 saturated heterocycles. The number of likely N-dealkylation sites (tertiary alicyclic amines) is 1. The van der Waals surface area contributed by atoms with Gasteiger partial charge in [-0.15, -0.1) is 0 Å². The highest BCUT2D eigenvalue weighted by Gasteiger charge is 2.54. The summed E-state index contributed by atoms with van der Waals surface area (Å²) in [7, 11) is 0. The number of hydrogen-bond donors (Lipinski definition) is 2. The minimum absolute atomic E-state index is 0.0126. The molecular weight excluding hydrogens is 500 g/mol. The molecule has 1 saturated carbocycles. The molecule has 3 aliphatic rings. The molecule has 1 aromatic carbocycles. The summed E-state index contributed by atoms with van der Waals surface area (Å²) in [6, 6.07) is 7.04. The maximum absolute atomic E-state index is 14.2. The molecular formula is C29H36N4O6. The zero-order valence-corrected chi connectivity index (χ0v) is 22.8. The highest BCUT2D eigenvalue weighted by molar-refractivity contribution is 6.06. The summed E-state index contributed by atoms with van der Waals surface area (Å²) in [6.07, 6.45) is 3.14. The first kappa shape index (κ1) is 27.1. The van der Waals surface area contributed by atoms with Crippen LogP contribution in [0.1, 0.15) is 63.9 Å². The molecule has 1 aromatic heterocycles. The van der Waals surface area contributed by atoms with Crippen molar-refractivity contribution in [3.8, 4) is 0 Å². The van der Waals surface area contributed by atoms with Crippen LogP contribution >= 0.6 is 0 Å². The standard InChI is InChI=1S/C29H36N4O6/c1-5-38-28-20(15-21(34)39-28)31-26(36)23-17-10-11-18(14-17)33(23)27(37)24(29(2,3)4)32-25(35)22-19-9-7-6-8-16(19)12-13-30-22/h6-9,12-13,17-18,20,23-24,28H,5,10-11,14-15H2,1-4H3,(H,31,36)(H,32,35)/t17?,18?,20?,23-,24+,28+/m0/s1. The van der Waals surface area contributed by atoms with Crippen molar-refractivity contribution in [3.63, 3.8) is 0 Å². The van der Waals surface area contributed by atoms with Crippen molar-refractivity contribution in [2.45, 2.75) is 83.8 Å². The third-order valence-corrected chi connectivity index (χ3v) is 8.01. The Balaban J connectivity index is 1.38. The quantitative estimate of drug-likeness (QED) is 0.521. The molecule has 2 N–H and O–H groups in total. The Hall–Kier alpha value is -3.53. The molecule has 2 aromatic rings. The number of esters is 1. The fourth-order valence-electron chi connectivity index (χ4n) is 6.18. The Morgan fingerprint density at radius 1 is 1.18 bits per heavy atom. The van der Waals surface area contributed by atoms with E-state index in [1.165, 1.54) is 0 Å². The van der Waals surface area contributed by atoms with Crippen LogP contribution in [-0.2, 0) is 23.9 Å². The van der Waals surface area contributed by atoms with Crippen LogP contribution in [0.25, 0.3) is 10.8 Å². The lowest BCUT2D eigenvalue weighted by Gasteiger charge is -2.40. The van der Waals surface area contributed by atoms with E-state index >= 15 is 0 Å². The third kappa shape index (κ3) is 5.22. The van der Waals surface area contributed by atoms with Gasteiger partial charge in [0.1, 0.15) is 23.8 Å². The number of aromatic nitrogens is 1. The van der Waals surface area contributed by atoms with Crippen LogP contribution in [0.5, 0.6) is 0 Å². The predicted molar refractivity (Wildman–Crippen MR) is 142 cm³/mol. The minimum Gasteiger partial charge on any atom is -0.433 e. The molecule has 6 atom stereocenters. The van der Waals surface area contributed by atoms with Crippen LogP contribution < -0.4 is 10.6 Å². The maximum atomic E-state index is 14.2. The topological polar surface area (TPSA) is 127 Å². The molecule has 5 rings (SSSR count). The van der Waals surface area contributed by atoms with Crippen molar-refractivity contribution in [2.75, 3.05) is 6.61 Å². The number of rotatable bonds is 7. The number of amides is 3. The van der Waals surface area contributed by atoms with E-state index < -0.39 is 41.7 Å². The minimum atomic E-state index is -0.881. The van der Waals surface area contributed by atoms with Crippen LogP contribution in [0.4, 0.5) is 0 Å². The zero-order valence-electron chi connectivity index (χ0n) is 22.8. The number of hydrogen-bond acceptors (Lipinski definition) is 7. The largest absolute Gasteiger partial charge is 0.433 e. The van der Waals surface area contributed by atoms with Gasteiger partial charge in [-0.2, -0.15) is 0 Å². The number of nitrogens with zero attached hydrogens (tertiary/aromatic N) is 2. The summed E-state index contributed by atoms with van der Waals surface area (Å²) in [5, 5.41) is 7.45. The molecule has 3 fully saturated rings. The number of ether oxygens (including phenoxy) is 2. The second-order valence-electron chi connectivity index (χ2n) is 11.7. The second kappa shape index (κ2) is 10.6. The normalized spacial score (nSPS) is 26.9. The number of benzene rings is 1. The van der Waals surface area contributed by atoms with Crippen LogP contribution in [-0.4, -0.2) is 70.6 Å². The van der Waals surface area contributed by atoms with E-state index in [-0.39, 0.29) is 35.9 Å². The van der Waals surface area contributed by atoms with Crippen LogP contribution in [0.3, 0.4) is 0 Å². The maximum Gasteiger partial charge on any atom is 0.310 e. The summed E-state index contributed by atoms with van der Waals surface area (Å²) < 4.78 is 10.7. The van der Waals surface area contributed by atoms with Gasteiger partial charge in [0, 0.05) is 24.2 Å². The van der Waals surface area contributed by atoms with Gasteiger partial charge in [0.25, 0.3) is 5.91 Å². The summed E-state index contributed by atoms with van der Waals surface area (Å²) in [5.74, 6) is -1.47. The number of piperidine rings is 1. The van der Waals surface area contributed by atoms with Crippen molar-refractivity contribution in [3.05, 3.63) is 42.2 Å². The van der Waals surface area contributed by atoms with Crippen LogP contribution in [0, 0.1) is 11.3 Å². The Labute approximate surface area is 227 Å². The molecule has 3 heterocycles. The third-order valence-electron chi connectivity index (χ3n) is 8.01. The number of pyridine rings is 1. The molecule has 2 bridgehead atoms. The van der Waals surface area contributed by atoms with E-state index in [0.29, 0.717) is 12.0 Å². The van der Waals surface area contributed by atoms with E-state index in [1.807, 2.05) is 51.1 Å². The molecule has 3 unspecified atom stereocenters. The number of carbonyl (C=O) groups is 4. The molecule has 0 radical (unpaired) electrons. The Morgan fingerprint density at radius 3 is 2.69 bits per heavy atom. The van der Waals surface area contributed by atoms with Crippen LogP contribution in [0.2, 0.25) is 0 Å². The van der Waals surface area contributed by atoms with Crippen molar-refractivity contribution < 1.29 is 28.7 Å². The molecule has 3 amide bonds. The molecule has 208 valence electrons. The van der Waals surface area contributed by atoms with Gasteiger partial charge in [0.2, 0.25) is 18.1 Å². The van der Waals surface area contributed by atoms with Gasteiger partial charge in [-0.3, -0.25) is 24.2 Å². The van der Waals surface area contributed by atoms with Crippen molar-refractivity contribution in [1.29, 1.82) is 0 Å². The molecule has 39 heavy (non-hydrogen) atoms. The molecule has 10 heteroatoms. The molecule has 10 nitrogen and oxygen atoms in total. The number of cyclic esters (lactones) is 1. The number of carbonyl (C=O) groups excluding carboxylic acids is 4. The van der Waals surface area contributed by atoms with Gasteiger partial charge >= 0.3 is 5.97 Å². The summed E-state index contributed by atoms with van der Waals surface area (Å²) in [6.45, 7) is 7.80. The first-order chi connectivity index (χ1) is 18.6. The van der Waals surface area contributed by atoms with Gasteiger partial charge in [0.15, 0.2) is 0 Å². The number of fused-ring (bicyclic) bond motifs is 3. The summed E-state index contributed by atoms with van der Waals surface area (Å²) in [4.78, 5) is 59.1.